The number of hydrogen-bond acceptors (Lipinski definition) is 5. The molecule has 0 saturated carbocycles. The van der Waals surface area contributed by atoms with Gasteiger partial charge in [0, 0.05) is 5.54 Å². The van der Waals surface area contributed by atoms with Gasteiger partial charge in [0.2, 0.25) is 10.0 Å². The zero-order chi connectivity index (χ0) is 13.3. The number of carboxylic acids is 1. The van der Waals surface area contributed by atoms with Gasteiger partial charge in [-0.3, -0.25) is 4.79 Å². The van der Waals surface area contributed by atoms with Gasteiger partial charge >= 0.3 is 5.97 Å². The van der Waals surface area contributed by atoms with Crippen LogP contribution < -0.4 is 4.72 Å². The van der Waals surface area contributed by atoms with Crippen molar-refractivity contribution in [2.45, 2.75) is 25.3 Å². The Hall–Kier alpha value is -0.670. The zero-order valence-corrected chi connectivity index (χ0v) is 11.0. The molecule has 9 heteroatoms. The predicted molar refractivity (Wildman–Crippen MR) is 60.9 cm³/mol. The summed E-state index contributed by atoms with van der Waals surface area (Å²) in [7, 11) is -6.96. The third kappa shape index (κ3) is 4.60. The van der Waals surface area contributed by atoms with E-state index in [-0.39, 0.29) is 17.9 Å². The van der Waals surface area contributed by atoms with Crippen LogP contribution in [0.2, 0.25) is 0 Å². The van der Waals surface area contributed by atoms with Gasteiger partial charge < -0.3 is 5.11 Å². The third-order valence-corrected chi connectivity index (χ3v) is 5.94. The second-order valence-corrected chi connectivity index (χ2v) is 8.49. The van der Waals surface area contributed by atoms with Crippen LogP contribution in [0.1, 0.15) is 19.8 Å². The molecule has 0 aromatic rings. The first kappa shape index (κ1) is 14.4. The summed E-state index contributed by atoms with van der Waals surface area (Å²) in [6.45, 7) is 1.51. The second-order valence-electron chi connectivity index (χ2n) is 4.47. The van der Waals surface area contributed by atoms with Crippen molar-refractivity contribution in [1.29, 1.82) is 0 Å². The highest BCUT2D eigenvalue weighted by Crippen LogP contribution is 2.23. The SMILES string of the molecule is CC1(NS(=O)(=O)CCC(=O)O)CCS(=O)(=O)C1. The number of aliphatic carboxylic acids is 1. The molecule has 1 heterocycles. The van der Waals surface area contributed by atoms with Crippen molar-refractivity contribution in [3.63, 3.8) is 0 Å². The van der Waals surface area contributed by atoms with Crippen LogP contribution in [0.4, 0.5) is 0 Å². The molecule has 1 aliphatic rings. The summed E-state index contributed by atoms with van der Waals surface area (Å²) in [6, 6.07) is 0. The van der Waals surface area contributed by atoms with Crippen molar-refractivity contribution in [2.75, 3.05) is 17.3 Å². The van der Waals surface area contributed by atoms with Crippen molar-refractivity contribution in [1.82, 2.24) is 4.72 Å². The fourth-order valence-electron chi connectivity index (χ4n) is 1.74. The number of sulfonamides is 1. The quantitative estimate of drug-likeness (QED) is 0.666. The standard InChI is InChI=1S/C8H15NO6S2/c1-8(3-5-16(12,13)6-8)9-17(14,15)4-2-7(10)11/h9H,2-6H2,1H3,(H,10,11). The van der Waals surface area contributed by atoms with Crippen molar-refractivity contribution in [3.05, 3.63) is 0 Å². The molecule has 1 atom stereocenters. The van der Waals surface area contributed by atoms with E-state index in [2.05, 4.69) is 4.72 Å². The number of carboxylic acid groups (broad SMARTS) is 1. The molecule has 0 bridgehead atoms. The average Bonchev–Trinajstić information content (AvgIpc) is 2.36. The van der Waals surface area contributed by atoms with E-state index in [0.29, 0.717) is 0 Å². The minimum atomic E-state index is -3.76. The van der Waals surface area contributed by atoms with Crippen LogP contribution in [-0.2, 0) is 24.7 Å². The van der Waals surface area contributed by atoms with Crippen molar-refractivity contribution < 1.29 is 26.7 Å². The summed E-state index contributed by atoms with van der Waals surface area (Å²) >= 11 is 0. The average molecular weight is 285 g/mol. The molecule has 7 nitrogen and oxygen atoms in total. The van der Waals surface area contributed by atoms with Gasteiger partial charge in [0.15, 0.2) is 9.84 Å². The van der Waals surface area contributed by atoms with Crippen molar-refractivity contribution >= 4 is 25.8 Å². The van der Waals surface area contributed by atoms with Crippen LogP contribution in [-0.4, -0.2) is 50.7 Å². The highest BCUT2D eigenvalue weighted by atomic mass is 32.2. The van der Waals surface area contributed by atoms with Crippen LogP contribution in [0.25, 0.3) is 0 Å². The Balaban J connectivity index is 2.68. The minimum absolute atomic E-state index is 0.0506. The van der Waals surface area contributed by atoms with Crippen LogP contribution in [0.5, 0.6) is 0 Å². The van der Waals surface area contributed by atoms with E-state index in [1.807, 2.05) is 0 Å². The molecule has 0 amide bonds. The van der Waals surface area contributed by atoms with Crippen LogP contribution >= 0.6 is 0 Å². The summed E-state index contributed by atoms with van der Waals surface area (Å²) in [4.78, 5) is 10.3. The number of nitrogens with one attached hydrogen (secondary N) is 1. The normalized spacial score (nSPS) is 28.1. The molecular weight excluding hydrogens is 270 g/mol. The van der Waals surface area contributed by atoms with Gasteiger partial charge in [0.1, 0.15) is 0 Å². The van der Waals surface area contributed by atoms with E-state index in [0.717, 1.165) is 0 Å². The summed E-state index contributed by atoms with van der Waals surface area (Å²) in [6.07, 6.45) is -0.292. The second kappa shape index (κ2) is 4.54. The zero-order valence-electron chi connectivity index (χ0n) is 9.34. The van der Waals surface area contributed by atoms with Crippen molar-refractivity contribution in [2.24, 2.45) is 0 Å². The summed E-state index contributed by atoms with van der Waals surface area (Å²) in [5.74, 6) is -2.05. The Morgan fingerprint density at radius 3 is 2.47 bits per heavy atom. The molecule has 0 radical (unpaired) electrons. The van der Waals surface area contributed by atoms with Gasteiger partial charge in [-0.25, -0.2) is 21.6 Å². The molecule has 0 aromatic heterocycles. The maximum atomic E-state index is 11.5. The van der Waals surface area contributed by atoms with Gasteiger partial charge in [-0.1, -0.05) is 0 Å². The Morgan fingerprint density at radius 1 is 1.47 bits per heavy atom. The van der Waals surface area contributed by atoms with Gasteiger partial charge in [0.05, 0.1) is 23.7 Å². The van der Waals surface area contributed by atoms with Gasteiger partial charge in [-0.2, -0.15) is 0 Å². The van der Waals surface area contributed by atoms with Crippen LogP contribution in [0, 0.1) is 0 Å². The smallest absolute Gasteiger partial charge is 0.304 e. The number of carbonyl (C=O) groups is 1. The Morgan fingerprint density at radius 2 is 2.06 bits per heavy atom. The van der Waals surface area contributed by atoms with E-state index in [9.17, 15) is 21.6 Å². The lowest BCUT2D eigenvalue weighted by atomic mass is 10.0. The van der Waals surface area contributed by atoms with E-state index in [1.54, 1.807) is 0 Å². The van der Waals surface area contributed by atoms with E-state index >= 15 is 0 Å². The predicted octanol–water partition coefficient (Wildman–Crippen LogP) is -1.04. The van der Waals surface area contributed by atoms with Crippen LogP contribution in [0.3, 0.4) is 0 Å². The molecular formula is C8H15NO6S2. The largest absolute Gasteiger partial charge is 0.481 e. The van der Waals surface area contributed by atoms with E-state index < -0.39 is 43.5 Å². The fraction of sp³-hybridized carbons (Fsp3) is 0.875. The Labute approximate surface area is 100 Å². The molecule has 1 rings (SSSR count). The molecule has 1 saturated heterocycles. The van der Waals surface area contributed by atoms with Crippen molar-refractivity contribution in [3.8, 4) is 0 Å². The minimum Gasteiger partial charge on any atom is -0.481 e. The molecule has 1 fully saturated rings. The molecule has 0 aliphatic carbocycles. The Kier molecular flexibility index (Phi) is 3.84. The highest BCUT2D eigenvalue weighted by Gasteiger charge is 2.40. The topological polar surface area (TPSA) is 118 Å². The summed E-state index contributed by atoms with van der Waals surface area (Å²) < 4.78 is 47.9. The van der Waals surface area contributed by atoms with Gasteiger partial charge in [-0.05, 0) is 13.3 Å². The van der Waals surface area contributed by atoms with Crippen LogP contribution in [0.15, 0.2) is 0 Å². The van der Waals surface area contributed by atoms with E-state index in [1.165, 1.54) is 6.92 Å². The molecule has 0 spiro atoms. The summed E-state index contributed by atoms with van der Waals surface area (Å²) in [5.41, 5.74) is -1.02. The number of sulfone groups is 1. The highest BCUT2D eigenvalue weighted by molar-refractivity contribution is 7.92. The maximum Gasteiger partial charge on any atom is 0.304 e. The molecule has 1 unspecified atom stereocenters. The Bertz CT molecular complexity index is 508. The first-order chi connectivity index (χ1) is 7.54. The lowest BCUT2D eigenvalue weighted by Crippen LogP contribution is -2.47. The third-order valence-electron chi connectivity index (χ3n) is 2.49. The number of hydrogen-bond donors (Lipinski definition) is 2. The fourth-order valence-corrected chi connectivity index (χ4v) is 5.39. The number of rotatable bonds is 5. The lowest BCUT2D eigenvalue weighted by Gasteiger charge is -2.23. The van der Waals surface area contributed by atoms with E-state index in [4.69, 9.17) is 5.11 Å². The molecule has 2 N–H and O–H groups in total. The van der Waals surface area contributed by atoms with Gasteiger partial charge in [0.25, 0.3) is 0 Å². The molecule has 17 heavy (non-hydrogen) atoms. The van der Waals surface area contributed by atoms with Gasteiger partial charge in [-0.15, -0.1) is 0 Å². The monoisotopic (exact) mass is 285 g/mol. The molecule has 1 aliphatic heterocycles. The first-order valence-electron chi connectivity index (χ1n) is 4.98. The molecule has 0 aromatic carbocycles. The lowest BCUT2D eigenvalue weighted by molar-refractivity contribution is -0.136. The first-order valence-corrected chi connectivity index (χ1v) is 8.45. The maximum absolute atomic E-state index is 11.5. The molecule has 100 valence electrons. The summed E-state index contributed by atoms with van der Waals surface area (Å²) in [5, 5.41) is 8.40.